The Labute approximate surface area is 73.9 Å². The highest BCUT2D eigenvalue weighted by Crippen LogP contribution is 1.93. The second-order valence-electron chi connectivity index (χ2n) is 2.38. The first-order valence-corrected chi connectivity index (χ1v) is 4.19. The Kier molecular flexibility index (Phi) is 7.35. The van der Waals surface area contributed by atoms with E-state index in [4.69, 9.17) is 0 Å². The average molecular weight is 168 g/mol. The van der Waals surface area contributed by atoms with Crippen molar-refractivity contribution in [3.05, 3.63) is 24.3 Å². The van der Waals surface area contributed by atoms with Crippen LogP contribution in [0.5, 0.6) is 0 Å². The van der Waals surface area contributed by atoms with Crippen molar-refractivity contribution < 1.29 is 9.53 Å². The molecule has 0 aliphatic rings. The summed E-state index contributed by atoms with van der Waals surface area (Å²) in [6.07, 6.45) is 10.2. The lowest BCUT2D eigenvalue weighted by Crippen LogP contribution is -1.97. The second kappa shape index (κ2) is 8.05. The van der Waals surface area contributed by atoms with Crippen molar-refractivity contribution >= 4 is 5.97 Å². The van der Waals surface area contributed by atoms with Crippen LogP contribution in [0.25, 0.3) is 0 Å². The van der Waals surface area contributed by atoms with E-state index in [0.29, 0.717) is 6.42 Å². The van der Waals surface area contributed by atoms with E-state index >= 15 is 0 Å². The summed E-state index contributed by atoms with van der Waals surface area (Å²) in [4.78, 5) is 10.6. The summed E-state index contributed by atoms with van der Waals surface area (Å²) in [5.41, 5.74) is 0. The molecule has 0 amide bonds. The van der Waals surface area contributed by atoms with Gasteiger partial charge in [-0.25, -0.2) is 0 Å². The SMILES string of the molecule is CC/C=C\C=C\CCC(=O)OC. The molecule has 12 heavy (non-hydrogen) atoms. The highest BCUT2D eigenvalue weighted by molar-refractivity contribution is 5.69. The van der Waals surface area contributed by atoms with Gasteiger partial charge in [0.05, 0.1) is 7.11 Å². The largest absolute Gasteiger partial charge is 0.469 e. The van der Waals surface area contributed by atoms with Crippen LogP contribution < -0.4 is 0 Å². The minimum atomic E-state index is -0.154. The van der Waals surface area contributed by atoms with E-state index in [0.717, 1.165) is 12.8 Å². The molecule has 0 aromatic heterocycles. The van der Waals surface area contributed by atoms with Crippen LogP contribution in [-0.4, -0.2) is 13.1 Å². The predicted molar refractivity (Wildman–Crippen MR) is 49.8 cm³/mol. The highest BCUT2D eigenvalue weighted by Gasteiger charge is 1.94. The monoisotopic (exact) mass is 168 g/mol. The molecule has 0 atom stereocenters. The lowest BCUT2D eigenvalue weighted by Gasteiger charge is -1.92. The van der Waals surface area contributed by atoms with Crippen LogP contribution in [0.4, 0.5) is 0 Å². The molecule has 0 aromatic carbocycles. The first-order chi connectivity index (χ1) is 5.81. The van der Waals surface area contributed by atoms with Gasteiger partial charge >= 0.3 is 5.97 Å². The van der Waals surface area contributed by atoms with Crippen LogP contribution in [0.1, 0.15) is 26.2 Å². The topological polar surface area (TPSA) is 26.3 Å². The van der Waals surface area contributed by atoms with Gasteiger partial charge in [-0.3, -0.25) is 4.79 Å². The Morgan fingerprint density at radius 3 is 2.58 bits per heavy atom. The van der Waals surface area contributed by atoms with Gasteiger partial charge in [0, 0.05) is 6.42 Å². The molecule has 0 saturated carbocycles. The summed E-state index contributed by atoms with van der Waals surface area (Å²) < 4.78 is 4.49. The van der Waals surface area contributed by atoms with Crippen LogP contribution in [0.15, 0.2) is 24.3 Å². The molecule has 0 aromatic rings. The van der Waals surface area contributed by atoms with Gasteiger partial charge in [-0.2, -0.15) is 0 Å². The molecular formula is C10H16O2. The van der Waals surface area contributed by atoms with Crippen LogP contribution in [0.2, 0.25) is 0 Å². The average Bonchev–Trinajstić information content (AvgIpc) is 2.10. The molecule has 0 N–H and O–H groups in total. The lowest BCUT2D eigenvalue weighted by molar-refractivity contribution is -0.140. The number of hydrogen-bond acceptors (Lipinski definition) is 2. The fourth-order valence-electron chi connectivity index (χ4n) is 0.693. The predicted octanol–water partition coefficient (Wildman–Crippen LogP) is 2.46. The molecule has 0 bridgehead atoms. The number of carbonyl (C=O) groups excluding carboxylic acids is 1. The van der Waals surface area contributed by atoms with Crippen molar-refractivity contribution in [3.8, 4) is 0 Å². The molecule has 0 unspecified atom stereocenters. The fourth-order valence-corrected chi connectivity index (χ4v) is 0.693. The molecule has 68 valence electrons. The van der Waals surface area contributed by atoms with E-state index in [9.17, 15) is 4.79 Å². The molecule has 0 aliphatic heterocycles. The van der Waals surface area contributed by atoms with E-state index < -0.39 is 0 Å². The van der Waals surface area contributed by atoms with Crippen molar-refractivity contribution in [1.29, 1.82) is 0 Å². The molecule has 0 fully saturated rings. The lowest BCUT2D eigenvalue weighted by atomic mass is 10.3. The maximum atomic E-state index is 10.6. The highest BCUT2D eigenvalue weighted by atomic mass is 16.5. The Morgan fingerprint density at radius 2 is 2.00 bits per heavy atom. The zero-order valence-electron chi connectivity index (χ0n) is 7.75. The van der Waals surface area contributed by atoms with Gasteiger partial charge in [0.1, 0.15) is 0 Å². The molecule has 2 nitrogen and oxygen atoms in total. The number of esters is 1. The van der Waals surface area contributed by atoms with Gasteiger partial charge in [0.2, 0.25) is 0 Å². The fraction of sp³-hybridized carbons (Fsp3) is 0.500. The summed E-state index contributed by atoms with van der Waals surface area (Å²) in [6.45, 7) is 2.08. The van der Waals surface area contributed by atoms with Gasteiger partial charge in [-0.05, 0) is 12.8 Å². The van der Waals surface area contributed by atoms with Crippen LogP contribution in [0, 0.1) is 0 Å². The molecule has 0 rings (SSSR count). The molecule has 2 heteroatoms. The third kappa shape index (κ3) is 7.06. The Morgan fingerprint density at radius 1 is 1.33 bits per heavy atom. The van der Waals surface area contributed by atoms with Crippen molar-refractivity contribution in [2.75, 3.05) is 7.11 Å². The Hall–Kier alpha value is -1.05. The first kappa shape index (κ1) is 11.0. The molecule has 0 saturated heterocycles. The number of rotatable bonds is 5. The zero-order chi connectivity index (χ0) is 9.23. The van der Waals surface area contributed by atoms with Gasteiger partial charge in [-0.1, -0.05) is 31.2 Å². The van der Waals surface area contributed by atoms with Gasteiger partial charge in [-0.15, -0.1) is 0 Å². The van der Waals surface area contributed by atoms with Crippen molar-refractivity contribution in [2.24, 2.45) is 0 Å². The van der Waals surface area contributed by atoms with Crippen LogP contribution >= 0.6 is 0 Å². The van der Waals surface area contributed by atoms with Gasteiger partial charge in [0.25, 0.3) is 0 Å². The maximum Gasteiger partial charge on any atom is 0.305 e. The van der Waals surface area contributed by atoms with Crippen molar-refractivity contribution in [1.82, 2.24) is 0 Å². The third-order valence-electron chi connectivity index (χ3n) is 1.36. The Bertz CT molecular complexity index is 169. The molecular weight excluding hydrogens is 152 g/mol. The summed E-state index contributed by atoms with van der Waals surface area (Å²) >= 11 is 0. The smallest absolute Gasteiger partial charge is 0.305 e. The quantitative estimate of drug-likeness (QED) is 0.465. The molecule has 0 spiro atoms. The minimum Gasteiger partial charge on any atom is -0.469 e. The normalized spacial score (nSPS) is 11.2. The van der Waals surface area contributed by atoms with E-state index in [-0.39, 0.29) is 5.97 Å². The number of allylic oxidation sites excluding steroid dienone is 4. The standard InChI is InChI=1S/C10H16O2/c1-3-4-5-6-7-8-9-10(11)12-2/h4-7H,3,8-9H2,1-2H3/b5-4-,7-6+. The summed E-state index contributed by atoms with van der Waals surface area (Å²) in [7, 11) is 1.41. The minimum absolute atomic E-state index is 0.154. The maximum absolute atomic E-state index is 10.6. The number of methoxy groups -OCH3 is 1. The zero-order valence-corrected chi connectivity index (χ0v) is 7.75. The molecule has 0 heterocycles. The van der Waals surface area contributed by atoms with Gasteiger partial charge < -0.3 is 4.74 Å². The molecule has 0 radical (unpaired) electrons. The van der Waals surface area contributed by atoms with E-state index in [1.54, 1.807) is 0 Å². The number of hydrogen-bond donors (Lipinski definition) is 0. The molecule has 0 aliphatic carbocycles. The summed E-state index contributed by atoms with van der Waals surface area (Å²) in [6, 6.07) is 0. The van der Waals surface area contributed by atoms with Crippen LogP contribution in [0.3, 0.4) is 0 Å². The van der Waals surface area contributed by atoms with E-state index in [2.05, 4.69) is 17.7 Å². The Balaban J connectivity index is 3.36. The van der Waals surface area contributed by atoms with Crippen molar-refractivity contribution in [3.63, 3.8) is 0 Å². The summed E-state index contributed by atoms with van der Waals surface area (Å²) in [5.74, 6) is -0.154. The van der Waals surface area contributed by atoms with Crippen molar-refractivity contribution in [2.45, 2.75) is 26.2 Å². The first-order valence-electron chi connectivity index (χ1n) is 4.19. The van der Waals surface area contributed by atoms with E-state index in [1.807, 2.05) is 18.2 Å². The second-order valence-corrected chi connectivity index (χ2v) is 2.38. The number of ether oxygens (including phenoxy) is 1. The van der Waals surface area contributed by atoms with Crippen LogP contribution in [-0.2, 0) is 9.53 Å². The third-order valence-corrected chi connectivity index (χ3v) is 1.36. The van der Waals surface area contributed by atoms with Gasteiger partial charge in [0.15, 0.2) is 0 Å². The number of carbonyl (C=O) groups is 1. The van der Waals surface area contributed by atoms with E-state index in [1.165, 1.54) is 7.11 Å². The summed E-state index contributed by atoms with van der Waals surface area (Å²) in [5, 5.41) is 0.